The number of sulfone groups is 1. The van der Waals surface area contributed by atoms with Gasteiger partial charge in [0.05, 0.1) is 5.25 Å². The van der Waals surface area contributed by atoms with E-state index in [-0.39, 0.29) is 5.25 Å². The van der Waals surface area contributed by atoms with Crippen molar-refractivity contribution in [2.75, 3.05) is 6.26 Å². The maximum absolute atomic E-state index is 11.2. The van der Waals surface area contributed by atoms with Crippen LogP contribution in [-0.2, 0) is 9.84 Å². The minimum absolute atomic E-state index is 0.0950. The maximum Gasteiger partial charge on any atom is 0.150 e. The van der Waals surface area contributed by atoms with Gasteiger partial charge in [0, 0.05) is 6.26 Å². The summed E-state index contributed by atoms with van der Waals surface area (Å²) in [4.78, 5) is 0. The monoisotopic (exact) mass is 188 g/mol. The van der Waals surface area contributed by atoms with Crippen molar-refractivity contribution in [1.82, 2.24) is 0 Å². The number of allylic oxidation sites excluding steroid dienone is 2. The van der Waals surface area contributed by atoms with E-state index in [9.17, 15) is 8.42 Å². The smallest absolute Gasteiger partial charge is 0.150 e. The summed E-state index contributed by atoms with van der Waals surface area (Å²) in [5.74, 6) is 0. The molecular formula is C9H16O2S. The summed E-state index contributed by atoms with van der Waals surface area (Å²) in [6, 6.07) is 0. The van der Waals surface area contributed by atoms with Crippen LogP contribution in [0.3, 0.4) is 0 Å². The standard InChI is InChI=1S/C9H16O2S/c1-12(10,11)9-7-5-3-2-4-6-8-9/h2-3,9H,4-8H2,1H3. The van der Waals surface area contributed by atoms with Gasteiger partial charge in [0.15, 0.2) is 0 Å². The van der Waals surface area contributed by atoms with E-state index in [1.165, 1.54) is 6.26 Å². The first-order valence-electron chi connectivity index (χ1n) is 4.44. The molecule has 70 valence electrons. The van der Waals surface area contributed by atoms with Crippen LogP contribution >= 0.6 is 0 Å². The second kappa shape index (κ2) is 4.08. The van der Waals surface area contributed by atoms with Crippen molar-refractivity contribution in [3.05, 3.63) is 12.2 Å². The quantitative estimate of drug-likeness (QED) is 0.589. The van der Waals surface area contributed by atoms with Crippen molar-refractivity contribution in [2.45, 2.75) is 37.4 Å². The third-order valence-corrected chi connectivity index (χ3v) is 4.01. The van der Waals surface area contributed by atoms with Gasteiger partial charge in [0.25, 0.3) is 0 Å². The van der Waals surface area contributed by atoms with Crippen LogP contribution < -0.4 is 0 Å². The highest BCUT2D eigenvalue weighted by molar-refractivity contribution is 7.91. The Bertz CT molecular complexity index is 252. The van der Waals surface area contributed by atoms with E-state index in [4.69, 9.17) is 0 Å². The van der Waals surface area contributed by atoms with E-state index in [1.54, 1.807) is 0 Å². The number of hydrogen-bond acceptors (Lipinski definition) is 2. The molecule has 0 bridgehead atoms. The van der Waals surface area contributed by atoms with Crippen LogP contribution in [-0.4, -0.2) is 19.9 Å². The Morgan fingerprint density at radius 2 is 1.83 bits per heavy atom. The van der Waals surface area contributed by atoms with E-state index in [0.29, 0.717) is 0 Å². The van der Waals surface area contributed by atoms with Crippen LogP contribution in [0.1, 0.15) is 32.1 Å². The third-order valence-electron chi connectivity index (χ3n) is 2.32. The molecule has 0 fully saturated rings. The second-order valence-corrected chi connectivity index (χ2v) is 5.76. The first-order chi connectivity index (χ1) is 5.61. The summed E-state index contributed by atoms with van der Waals surface area (Å²) in [6.07, 6.45) is 10.2. The fourth-order valence-electron chi connectivity index (χ4n) is 1.55. The predicted molar refractivity (Wildman–Crippen MR) is 50.9 cm³/mol. The maximum atomic E-state index is 11.2. The number of rotatable bonds is 1. The molecule has 0 heterocycles. The summed E-state index contributed by atoms with van der Waals surface area (Å²) in [6.45, 7) is 0. The minimum atomic E-state index is -2.80. The Hall–Kier alpha value is -0.310. The Kier molecular flexibility index (Phi) is 3.32. The lowest BCUT2D eigenvalue weighted by molar-refractivity contribution is 0.557. The summed E-state index contributed by atoms with van der Waals surface area (Å²) in [5, 5.41) is -0.0950. The summed E-state index contributed by atoms with van der Waals surface area (Å²) in [7, 11) is -2.80. The lowest BCUT2D eigenvalue weighted by atomic mass is 10.1. The lowest BCUT2D eigenvalue weighted by Crippen LogP contribution is -2.20. The van der Waals surface area contributed by atoms with Crippen molar-refractivity contribution in [1.29, 1.82) is 0 Å². The molecule has 0 aromatic carbocycles. The van der Waals surface area contributed by atoms with E-state index >= 15 is 0 Å². The highest BCUT2D eigenvalue weighted by atomic mass is 32.2. The van der Waals surface area contributed by atoms with Crippen LogP contribution in [0.25, 0.3) is 0 Å². The topological polar surface area (TPSA) is 34.1 Å². The minimum Gasteiger partial charge on any atom is -0.229 e. The van der Waals surface area contributed by atoms with Gasteiger partial charge in [-0.1, -0.05) is 12.2 Å². The molecule has 1 unspecified atom stereocenters. The first kappa shape index (κ1) is 9.78. The zero-order valence-electron chi connectivity index (χ0n) is 7.49. The number of hydrogen-bond donors (Lipinski definition) is 0. The average Bonchev–Trinajstić information content (AvgIpc) is 1.81. The van der Waals surface area contributed by atoms with Gasteiger partial charge in [-0.05, 0) is 32.1 Å². The van der Waals surface area contributed by atoms with Crippen molar-refractivity contribution in [3.63, 3.8) is 0 Å². The molecule has 0 saturated heterocycles. The largest absolute Gasteiger partial charge is 0.229 e. The molecule has 1 rings (SSSR count). The average molecular weight is 188 g/mol. The van der Waals surface area contributed by atoms with Gasteiger partial charge in [-0.3, -0.25) is 0 Å². The molecule has 0 aliphatic heterocycles. The Morgan fingerprint density at radius 3 is 2.50 bits per heavy atom. The molecule has 12 heavy (non-hydrogen) atoms. The van der Waals surface area contributed by atoms with E-state index in [1.807, 2.05) is 0 Å². The summed E-state index contributed by atoms with van der Waals surface area (Å²) >= 11 is 0. The van der Waals surface area contributed by atoms with Gasteiger partial charge >= 0.3 is 0 Å². The highest BCUT2D eigenvalue weighted by Gasteiger charge is 2.19. The van der Waals surface area contributed by atoms with Gasteiger partial charge in [0.2, 0.25) is 0 Å². The predicted octanol–water partition coefficient (Wildman–Crippen LogP) is 1.92. The van der Waals surface area contributed by atoms with E-state index in [2.05, 4.69) is 12.2 Å². The van der Waals surface area contributed by atoms with Crippen molar-refractivity contribution in [2.24, 2.45) is 0 Å². The van der Waals surface area contributed by atoms with Gasteiger partial charge in [-0.2, -0.15) is 0 Å². The third kappa shape index (κ3) is 2.97. The molecule has 0 aromatic rings. The lowest BCUT2D eigenvalue weighted by Gasteiger charge is -2.14. The Balaban J connectivity index is 2.60. The molecule has 0 aromatic heterocycles. The van der Waals surface area contributed by atoms with Crippen molar-refractivity contribution in [3.8, 4) is 0 Å². The second-order valence-electron chi connectivity index (χ2n) is 3.43. The first-order valence-corrected chi connectivity index (χ1v) is 6.40. The molecule has 3 heteroatoms. The summed E-state index contributed by atoms with van der Waals surface area (Å²) < 4.78 is 22.5. The molecule has 0 N–H and O–H groups in total. The Labute approximate surface area is 74.6 Å². The zero-order valence-corrected chi connectivity index (χ0v) is 8.31. The molecule has 1 aliphatic rings. The van der Waals surface area contributed by atoms with Crippen LogP contribution in [0.15, 0.2) is 12.2 Å². The van der Waals surface area contributed by atoms with Crippen molar-refractivity contribution < 1.29 is 8.42 Å². The molecule has 2 nitrogen and oxygen atoms in total. The molecule has 1 aliphatic carbocycles. The SMILES string of the molecule is CS(=O)(=O)C1CCC=CCCC1. The van der Waals surface area contributed by atoms with Gasteiger partial charge in [-0.25, -0.2) is 8.42 Å². The van der Waals surface area contributed by atoms with E-state index in [0.717, 1.165) is 32.1 Å². The molecule has 0 saturated carbocycles. The van der Waals surface area contributed by atoms with E-state index < -0.39 is 9.84 Å². The normalized spacial score (nSPS) is 26.2. The fraction of sp³-hybridized carbons (Fsp3) is 0.778. The van der Waals surface area contributed by atoms with Gasteiger partial charge in [-0.15, -0.1) is 0 Å². The molecule has 1 atom stereocenters. The van der Waals surface area contributed by atoms with Crippen LogP contribution in [0, 0.1) is 0 Å². The molecular weight excluding hydrogens is 172 g/mol. The molecule has 0 radical (unpaired) electrons. The van der Waals surface area contributed by atoms with Crippen LogP contribution in [0.4, 0.5) is 0 Å². The van der Waals surface area contributed by atoms with Gasteiger partial charge in [0.1, 0.15) is 9.84 Å². The van der Waals surface area contributed by atoms with Crippen LogP contribution in [0.2, 0.25) is 0 Å². The summed E-state index contributed by atoms with van der Waals surface area (Å²) in [5.41, 5.74) is 0. The fourth-order valence-corrected chi connectivity index (χ4v) is 2.71. The zero-order chi connectivity index (χ0) is 9.03. The van der Waals surface area contributed by atoms with Gasteiger partial charge < -0.3 is 0 Å². The highest BCUT2D eigenvalue weighted by Crippen LogP contribution is 2.18. The molecule has 0 spiro atoms. The molecule has 0 amide bonds. The Morgan fingerprint density at radius 1 is 1.17 bits per heavy atom. The van der Waals surface area contributed by atoms with Crippen LogP contribution in [0.5, 0.6) is 0 Å². The van der Waals surface area contributed by atoms with Crippen molar-refractivity contribution >= 4 is 9.84 Å².